The van der Waals surface area contributed by atoms with Crippen LogP contribution in [0.25, 0.3) is 0 Å². The van der Waals surface area contributed by atoms with Gasteiger partial charge in [-0.3, -0.25) is 0 Å². The van der Waals surface area contributed by atoms with Gasteiger partial charge in [0.2, 0.25) is 10.0 Å². The fourth-order valence-electron chi connectivity index (χ4n) is 3.02. The van der Waals surface area contributed by atoms with Crippen molar-refractivity contribution >= 4 is 10.0 Å². The van der Waals surface area contributed by atoms with Crippen LogP contribution in [-0.4, -0.2) is 31.9 Å². The molecular formula is C16H26N2O2S. The van der Waals surface area contributed by atoms with Gasteiger partial charge in [0.25, 0.3) is 0 Å². The van der Waals surface area contributed by atoms with E-state index in [0.29, 0.717) is 23.9 Å². The van der Waals surface area contributed by atoms with Crippen LogP contribution in [0.15, 0.2) is 29.2 Å². The number of nitrogens with zero attached hydrogens (tertiary/aromatic N) is 1. The van der Waals surface area contributed by atoms with E-state index in [-0.39, 0.29) is 6.04 Å². The second kappa shape index (κ2) is 6.90. The van der Waals surface area contributed by atoms with Crippen molar-refractivity contribution in [3.8, 4) is 0 Å². The van der Waals surface area contributed by atoms with Crippen LogP contribution in [0.3, 0.4) is 0 Å². The van der Waals surface area contributed by atoms with Crippen molar-refractivity contribution in [2.45, 2.75) is 51.1 Å². The highest BCUT2D eigenvalue weighted by atomic mass is 32.2. The highest BCUT2D eigenvalue weighted by Crippen LogP contribution is 2.30. The van der Waals surface area contributed by atoms with E-state index < -0.39 is 10.0 Å². The Hall–Kier alpha value is -0.910. The van der Waals surface area contributed by atoms with Gasteiger partial charge in [0.1, 0.15) is 0 Å². The fraction of sp³-hybridized carbons (Fsp3) is 0.625. The Labute approximate surface area is 128 Å². The average molecular weight is 310 g/mol. The average Bonchev–Trinajstić information content (AvgIpc) is 2.79. The third-order valence-electron chi connectivity index (χ3n) is 4.03. The maximum atomic E-state index is 12.9. The van der Waals surface area contributed by atoms with Crippen LogP contribution in [-0.2, 0) is 16.6 Å². The Bertz CT molecular complexity index is 571. The Balaban J connectivity index is 2.27. The van der Waals surface area contributed by atoms with Crippen molar-refractivity contribution in [1.82, 2.24) is 9.62 Å². The molecular weight excluding hydrogens is 284 g/mol. The summed E-state index contributed by atoms with van der Waals surface area (Å²) in [5.74, 6) is 0.431. The molecule has 1 aromatic rings. The summed E-state index contributed by atoms with van der Waals surface area (Å²) in [6, 6.07) is 7.42. The second-order valence-corrected chi connectivity index (χ2v) is 7.91. The molecule has 1 saturated heterocycles. The first-order valence-corrected chi connectivity index (χ1v) is 9.21. The Morgan fingerprint density at radius 3 is 2.62 bits per heavy atom. The Morgan fingerprint density at radius 1 is 1.29 bits per heavy atom. The zero-order valence-corrected chi connectivity index (χ0v) is 14.0. The lowest BCUT2D eigenvalue weighted by Gasteiger charge is -2.22. The van der Waals surface area contributed by atoms with Gasteiger partial charge in [0.15, 0.2) is 0 Å². The minimum absolute atomic E-state index is 0.0849. The van der Waals surface area contributed by atoms with Crippen molar-refractivity contribution in [2.75, 3.05) is 13.1 Å². The van der Waals surface area contributed by atoms with Crippen molar-refractivity contribution in [2.24, 2.45) is 5.92 Å². The lowest BCUT2D eigenvalue weighted by atomic mass is 10.1. The number of nitrogens with one attached hydrogen (secondary N) is 1. The molecule has 2 unspecified atom stereocenters. The molecule has 0 aromatic heterocycles. The van der Waals surface area contributed by atoms with Crippen LogP contribution in [0.1, 0.15) is 39.2 Å². The summed E-state index contributed by atoms with van der Waals surface area (Å²) in [6.45, 7) is 8.33. The molecule has 2 rings (SSSR count). The lowest BCUT2D eigenvalue weighted by molar-refractivity contribution is 0.405. The van der Waals surface area contributed by atoms with Crippen LogP contribution in [0.5, 0.6) is 0 Å². The van der Waals surface area contributed by atoms with Gasteiger partial charge in [-0.2, -0.15) is 4.31 Å². The van der Waals surface area contributed by atoms with E-state index in [1.165, 1.54) is 0 Å². The Morgan fingerprint density at radius 2 is 2.00 bits per heavy atom. The first kappa shape index (κ1) is 16.5. The van der Waals surface area contributed by atoms with Crippen LogP contribution in [0, 0.1) is 5.92 Å². The standard InChI is InChI=1S/C16H26N2O2S/c1-4-9-17-11-15-7-5-6-8-16(15)21(19,20)18-12-13(2)10-14(18)3/h5-8,13-14,17H,4,9-12H2,1-3H3. The summed E-state index contributed by atoms with van der Waals surface area (Å²) in [7, 11) is -3.40. The lowest BCUT2D eigenvalue weighted by Crippen LogP contribution is -2.34. The molecule has 0 amide bonds. The number of sulfonamides is 1. The van der Waals surface area contributed by atoms with Gasteiger partial charge in [0.05, 0.1) is 4.90 Å². The van der Waals surface area contributed by atoms with Crippen molar-refractivity contribution < 1.29 is 8.42 Å². The first-order chi connectivity index (χ1) is 9.96. The first-order valence-electron chi connectivity index (χ1n) is 7.77. The quantitative estimate of drug-likeness (QED) is 0.822. The van der Waals surface area contributed by atoms with E-state index >= 15 is 0 Å². The highest BCUT2D eigenvalue weighted by Gasteiger charge is 2.36. The summed E-state index contributed by atoms with van der Waals surface area (Å²) < 4.78 is 27.5. The largest absolute Gasteiger partial charge is 0.313 e. The molecule has 5 heteroatoms. The molecule has 21 heavy (non-hydrogen) atoms. The van der Waals surface area contributed by atoms with Crippen LogP contribution in [0.2, 0.25) is 0 Å². The van der Waals surface area contributed by atoms with Crippen molar-refractivity contribution in [3.05, 3.63) is 29.8 Å². The van der Waals surface area contributed by atoms with Gasteiger partial charge in [-0.15, -0.1) is 0 Å². The maximum absolute atomic E-state index is 12.9. The van der Waals surface area contributed by atoms with Gasteiger partial charge < -0.3 is 5.32 Å². The van der Waals surface area contributed by atoms with E-state index in [0.717, 1.165) is 24.9 Å². The third kappa shape index (κ3) is 3.65. The van der Waals surface area contributed by atoms with Gasteiger partial charge in [-0.05, 0) is 43.9 Å². The number of hydrogen-bond donors (Lipinski definition) is 1. The van der Waals surface area contributed by atoms with Crippen LogP contribution < -0.4 is 5.32 Å². The number of hydrogen-bond acceptors (Lipinski definition) is 3. The normalized spacial score (nSPS) is 23.6. The molecule has 0 radical (unpaired) electrons. The van der Waals surface area contributed by atoms with E-state index in [4.69, 9.17) is 0 Å². The second-order valence-electron chi connectivity index (χ2n) is 6.05. The molecule has 118 valence electrons. The smallest absolute Gasteiger partial charge is 0.243 e. The van der Waals surface area contributed by atoms with E-state index in [2.05, 4.69) is 19.2 Å². The molecule has 2 atom stereocenters. The SMILES string of the molecule is CCCNCc1ccccc1S(=O)(=O)N1CC(C)CC1C. The highest BCUT2D eigenvalue weighted by molar-refractivity contribution is 7.89. The summed E-state index contributed by atoms with van der Waals surface area (Å²) in [4.78, 5) is 0.453. The molecule has 0 spiro atoms. The zero-order chi connectivity index (χ0) is 15.5. The predicted octanol–water partition coefficient (Wildman–Crippen LogP) is 2.61. The molecule has 0 bridgehead atoms. The predicted molar refractivity (Wildman–Crippen MR) is 85.6 cm³/mol. The van der Waals surface area contributed by atoms with Crippen molar-refractivity contribution in [3.63, 3.8) is 0 Å². The Kier molecular flexibility index (Phi) is 5.41. The third-order valence-corrected chi connectivity index (χ3v) is 6.11. The monoisotopic (exact) mass is 310 g/mol. The molecule has 1 heterocycles. The van der Waals surface area contributed by atoms with Crippen LogP contribution in [0.4, 0.5) is 0 Å². The minimum atomic E-state index is -3.40. The summed E-state index contributed by atoms with van der Waals surface area (Å²) >= 11 is 0. The van der Waals surface area contributed by atoms with Gasteiger partial charge in [-0.1, -0.05) is 32.0 Å². The molecule has 4 nitrogen and oxygen atoms in total. The van der Waals surface area contributed by atoms with E-state index in [1.54, 1.807) is 16.4 Å². The minimum Gasteiger partial charge on any atom is -0.313 e. The molecule has 1 fully saturated rings. The van der Waals surface area contributed by atoms with Gasteiger partial charge in [0, 0.05) is 19.1 Å². The molecule has 0 aliphatic carbocycles. The summed E-state index contributed by atoms with van der Waals surface area (Å²) in [6.07, 6.45) is 1.98. The summed E-state index contributed by atoms with van der Waals surface area (Å²) in [5.41, 5.74) is 0.859. The maximum Gasteiger partial charge on any atom is 0.243 e. The molecule has 1 aromatic carbocycles. The zero-order valence-electron chi connectivity index (χ0n) is 13.2. The molecule has 1 N–H and O–H groups in total. The van der Waals surface area contributed by atoms with Crippen molar-refractivity contribution in [1.29, 1.82) is 0 Å². The van der Waals surface area contributed by atoms with Crippen LogP contribution >= 0.6 is 0 Å². The number of rotatable bonds is 6. The molecule has 0 saturated carbocycles. The topological polar surface area (TPSA) is 49.4 Å². The molecule has 1 aliphatic rings. The van der Waals surface area contributed by atoms with E-state index in [1.807, 2.05) is 19.1 Å². The number of benzene rings is 1. The fourth-order valence-corrected chi connectivity index (χ4v) is 5.01. The summed E-state index contributed by atoms with van der Waals surface area (Å²) in [5, 5.41) is 3.29. The van der Waals surface area contributed by atoms with E-state index in [9.17, 15) is 8.42 Å². The van der Waals surface area contributed by atoms with Gasteiger partial charge >= 0.3 is 0 Å². The van der Waals surface area contributed by atoms with Gasteiger partial charge in [-0.25, -0.2) is 8.42 Å². The molecule has 1 aliphatic heterocycles.